The van der Waals surface area contributed by atoms with Gasteiger partial charge in [-0.1, -0.05) is 0 Å². The highest BCUT2D eigenvalue weighted by Crippen LogP contribution is 2.37. The second kappa shape index (κ2) is 3.51. The molecule has 0 saturated carbocycles. The Morgan fingerprint density at radius 3 is 3.00 bits per heavy atom. The normalized spacial score (nSPS) is 16.0. The molecule has 1 aromatic carbocycles. The second-order valence-electron chi connectivity index (χ2n) is 3.33. The van der Waals surface area contributed by atoms with Crippen LogP contribution in [0.25, 0.3) is 5.57 Å². The van der Waals surface area contributed by atoms with E-state index < -0.39 is 0 Å². The van der Waals surface area contributed by atoms with E-state index in [0.717, 1.165) is 22.5 Å². The van der Waals surface area contributed by atoms with Gasteiger partial charge >= 0.3 is 0 Å². The Morgan fingerprint density at radius 1 is 1.27 bits per heavy atom. The molecular formula is C11H9ClN2O. The lowest BCUT2D eigenvalue weighted by molar-refractivity contribution is 0.475. The zero-order valence-corrected chi connectivity index (χ0v) is 8.66. The van der Waals surface area contributed by atoms with Gasteiger partial charge < -0.3 is 5.11 Å². The monoisotopic (exact) mass is 220 g/mol. The average Bonchev–Trinajstić information content (AvgIpc) is 2.54. The van der Waals surface area contributed by atoms with Crippen molar-refractivity contribution < 1.29 is 5.11 Å². The van der Waals surface area contributed by atoms with Crippen molar-refractivity contribution in [1.29, 1.82) is 0 Å². The van der Waals surface area contributed by atoms with Gasteiger partial charge in [-0.15, -0.1) is 12.4 Å². The third-order valence-corrected chi connectivity index (χ3v) is 2.43. The molecule has 3 rings (SSSR count). The van der Waals surface area contributed by atoms with Gasteiger partial charge in [-0.3, -0.25) is 9.98 Å². The van der Waals surface area contributed by atoms with E-state index in [9.17, 15) is 5.11 Å². The van der Waals surface area contributed by atoms with Crippen LogP contribution in [0.5, 0.6) is 5.75 Å². The van der Waals surface area contributed by atoms with Gasteiger partial charge in [-0.2, -0.15) is 0 Å². The van der Waals surface area contributed by atoms with Crippen LogP contribution >= 0.6 is 12.4 Å². The van der Waals surface area contributed by atoms with Crippen LogP contribution in [0.4, 0.5) is 5.69 Å². The Kier molecular flexibility index (Phi) is 2.32. The number of fused-ring (bicyclic) bond motifs is 3. The number of allylic oxidation sites excluding steroid dienone is 1. The standard InChI is InChI=1S/C11H8N2O.ClH/c14-7-1-2-8-9-3-4-12-6-11(9)13-10(8)5-7;/h1-5,14H,6H2;1H. The number of nitrogens with zero attached hydrogens (tertiary/aromatic N) is 2. The first-order chi connectivity index (χ1) is 6.84. The summed E-state index contributed by atoms with van der Waals surface area (Å²) in [5, 5.41) is 9.31. The van der Waals surface area contributed by atoms with Crippen molar-refractivity contribution in [2.75, 3.05) is 6.54 Å². The maximum Gasteiger partial charge on any atom is 0.117 e. The lowest BCUT2D eigenvalue weighted by atomic mass is 10.0. The average molecular weight is 221 g/mol. The van der Waals surface area contributed by atoms with Crippen molar-refractivity contribution in [3.63, 3.8) is 0 Å². The molecule has 1 aromatic rings. The number of aromatic hydroxyl groups is 1. The summed E-state index contributed by atoms with van der Waals surface area (Å²) in [7, 11) is 0. The molecule has 3 nitrogen and oxygen atoms in total. The van der Waals surface area contributed by atoms with Crippen LogP contribution in [0.1, 0.15) is 5.56 Å². The van der Waals surface area contributed by atoms with E-state index in [1.165, 1.54) is 0 Å². The van der Waals surface area contributed by atoms with Crippen LogP contribution in [0, 0.1) is 0 Å². The smallest absolute Gasteiger partial charge is 0.117 e. The van der Waals surface area contributed by atoms with Crippen molar-refractivity contribution in [2.24, 2.45) is 9.98 Å². The lowest BCUT2D eigenvalue weighted by Gasteiger charge is -2.04. The summed E-state index contributed by atoms with van der Waals surface area (Å²) in [6.45, 7) is 0.640. The summed E-state index contributed by atoms with van der Waals surface area (Å²) in [6.07, 6.45) is 3.77. The number of benzene rings is 1. The number of hydrogen-bond acceptors (Lipinski definition) is 3. The highest BCUT2D eigenvalue weighted by molar-refractivity contribution is 6.33. The van der Waals surface area contributed by atoms with Crippen LogP contribution < -0.4 is 0 Å². The Bertz CT molecular complexity index is 503. The Morgan fingerprint density at radius 2 is 2.13 bits per heavy atom. The Labute approximate surface area is 93.3 Å². The largest absolute Gasteiger partial charge is 0.508 e. The van der Waals surface area contributed by atoms with Gasteiger partial charge in [0, 0.05) is 23.4 Å². The number of dihydropyridines is 1. The van der Waals surface area contributed by atoms with Gasteiger partial charge in [0.1, 0.15) is 5.75 Å². The van der Waals surface area contributed by atoms with Crippen molar-refractivity contribution in [3.05, 3.63) is 29.8 Å². The highest BCUT2D eigenvalue weighted by atomic mass is 35.5. The summed E-state index contributed by atoms with van der Waals surface area (Å²) in [5.74, 6) is 0.258. The minimum Gasteiger partial charge on any atom is -0.508 e. The number of hydrogen-bond donors (Lipinski definition) is 1. The molecule has 0 bridgehead atoms. The molecule has 0 aromatic heterocycles. The van der Waals surface area contributed by atoms with Crippen LogP contribution in [0.15, 0.2) is 34.3 Å². The van der Waals surface area contributed by atoms with Crippen molar-refractivity contribution in [3.8, 4) is 5.75 Å². The summed E-state index contributed by atoms with van der Waals surface area (Å²) in [5.41, 5.74) is 4.06. The third kappa shape index (κ3) is 1.45. The van der Waals surface area contributed by atoms with Gasteiger partial charge in [0.25, 0.3) is 0 Å². The molecular weight excluding hydrogens is 212 g/mol. The molecule has 0 atom stereocenters. The summed E-state index contributed by atoms with van der Waals surface area (Å²) in [4.78, 5) is 8.54. The van der Waals surface area contributed by atoms with Crippen molar-refractivity contribution >= 4 is 35.6 Å². The van der Waals surface area contributed by atoms with E-state index in [2.05, 4.69) is 9.98 Å². The number of rotatable bonds is 0. The van der Waals surface area contributed by atoms with E-state index in [1.807, 2.05) is 12.1 Å². The lowest BCUT2D eigenvalue weighted by Crippen LogP contribution is -2.05. The van der Waals surface area contributed by atoms with E-state index >= 15 is 0 Å². The van der Waals surface area contributed by atoms with Crippen LogP contribution in [-0.4, -0.2) is 23.6 Å². The molecule has 0 aliphatic carbocycles. The number of aliphatic imine (C=N–C) groups is 2. The second-order valence-corrected chi connectivity index (χ2v) is 3.33. The van der Waals surface area contributed by atoms with Crippen molar-refractivity contribution in [1.82, 2.24) is 0 Å². The van der Waals surface area contributed by atoms with Gasteiger partial charge in [0.05, 0.1) is 17.9 Å². The van der Waals surface area contributed by atoms with E-state index in [4.69, 9.17) is 0 Å². The first-order valence-corrected chi connectivity index (χ1v) is 4.46. The molecule has 2 heterocycles. The van der Waals surface area contributed by atoms with Crippen LogP contribution in [0.2, 0.25) is 0 Å². The fourth-order valence-corrected chi connectivity index (χ4v) is 1.77. The molecule has 0 saturated heterocycles. The van der Waals surface area contributed by atoms with E-state index in [-0.39, 0.29) is 18.2 Å². The zero-order valence-electron chi connectivity index (χ0n) is 7.84. The Hall–Kier alpha value is -1.61. The zero-order chi connectivity index (χ0) is 9.54. The predicted molar refractivity (Wildman–Crippen MR) is 63.8 cm³/mol. The first-order valence-electron chi connectivity index (χ1n) is 4.46. The van der Waals surface area contributed by atoms with Gasteiger partial charge in [-0.25, -0.2) is 0 Å². The fraction of sp³-hybridized carbons (Fsp3) is 0.0909. The van der Waals surface area contributed by atoms with Crippen LogP contribution in [-0.2, 0) is 0 Å². The molecule has 0 spiro atoms. The summed E-state index contributed by atoms with van der Waals surface area (Å²) >= 11 is 0. The van der Waals surface area contributed by atoms with E-state index in [0.29, 0.717) is 6.54 Å². The molecule has 2 aliphatic heterocycles. The van der Waals surface area contributed by atoms with Gasteiger partial charge in [0.2, 0.25) is 0 Å². The minimum atomic E-state index is 0. The van der Waals surface area contributed by atoms with Crippen LogP contribution in [0.3, 0.4) is 0 Å². The van der Waals surface area contributed by atoms with Gasteiger partial charge in [-0.05, 0) is 18.2 Å². The fourth-order valence-electron chi connectivity index (χ4n) is 1.77. The molecule has 0 amide bonds. The molecule has 76 valence electrons. The first kappa shape index (κ1) is 9.93. The molecule has 0 radical (unpaired) electrons. The number of halogens is 1. The molecule has 1 N–H and O–H groups in total. The van der Waals surface area contributed by atoms with Crippen molar-refractivity contribution in [2.45, 2.75) is 0 Å². The molecule has 2 aliphatic rings. The molecule has 0 unspecified atom stereocenters. The maximum atomic E-state index is 9.31. The molecule has 0 fully saturated rings. The predicted octanol–water partition coefficient (Wildman–Crippen LogP) is 2.37. The molecule has 15 heavy (non-hydrogen) atoms. The summed E-state index contributed by atoms with van der Waals surface area (Å²) in [6, 6.07) is 5.26. The summed E-state index contributed by atoms with van der Waals surface area (Å²) < 4.78 is 0. The van der Waals surface area contributed by atoms with Gasteiger partial charge in [0.15, 0.2) is 0 Å². The maximum absolute atomic E-state index is 9.31. The number of phenols is 1. The van der Waals surface area contributed by atoms with E-state index in [1.54, 1.807) is 18.3 Å². The topological polar surface area (TPSA) is 45.0 Å². The SMILES string of the molecule is Cl.Oc1ccc2c(c1)N=C1CN=CC=C12. The highest BCUT2D eigenvalue weighted by Gasteiger charge is 2.21. The Balaban J connectivity index is 0.000000853. The minimum absolute atomic E-state index is 0. The molecule has 4 heteroatoms. The quantitative estimate of drug-likeness (QED) is 0.717. The third-order valence-electron chi connectivity index (χ3n) is 2.43. The number of phenolic OH excluding ortho intramolecular Hbond substituents is 1.